The minimum atomic E-state index is -0.411. The molecule has 2 atom stereocenters. The lowest BCUT2D eigenvalue weighted by atomic mass is 10.1. The SMILES string of the molecule is C[C@@H](Sc1nc2ccccc2c(=O)n1-c1ccccc1)C(=O)N1c2ccccc2C[C@@H]1C. The van der Waals surface area contributed by atoms with Crippen molar-refractivity contribution in [1.82, 2.24) is 9.55 Å². The fraction of sp³-hybridized carbons (Fsp3) is 0.192. The maximum absolute atomic E-state index is 13.5. The molecule has 0 bridgehead atoms. The summed E-state index contributed by atoms with van der Waals surface area (Å²) in [6.45, 7) is 3.96. The number of para-hydroxylation sites is 3. The van der Waals surface area contributed by atoms with Gasteiger partial charge in [-0.3, -0.25) is 14.2 Å². The molecule has 0 fully saturated rings. The zero-order valence-corrected chi connectivity index (χ0v) is 18.8. The number of carbonyl (C=O) groups excluding carboxylic acids is 1. The van der Waals surface area contributed by atoms with E-state index in [0.29, 0.717) is 16.1 Å². The van der Waals surface area contributed by atoms with Crippen molar-refractivity contribution in [3.63, 3.8) is 0 Å². The molecule has 0 aliphatic carbocycles. The van der Waals surface area contributed by atoms with Gasteiger partial charge in [0.25, 0.3) is 5.56 Å². The molecule has 0 spiro atoms. The van der Waals surface area contributed by atoms with E-state index in [0.717, 1.165) is 17.8 Å². The first kappa shape index (κ1) is 20.5. The van der Waals surface area contributed by atoms with Gasteiger partial charge in [-0.15, -0.1) is 0 Å². The number of thioether (sulfide) groups is 1. The van der Waals surface area contributed by atoms with Crippen LogP contribution >= 0.6 is 11.8 Å². The number of hydrogen-bond acceptors (Lipinski definition) is 4. The van der Waals surface area contributed by atoms with Gasteiger partial charge in [-0.2, -0.15) is 0 Å². The second-order valence-electron chi connectivity index (χ2n) is 8.04. The van der Waals surface area contributed by atoms with Crippen molar-refractivity contribution in [3.8, 4) is 5.69 Å². The van der Waals surface area contributed by atoms with Crippen molar-refractivity contribution in [3.05, 3.63) is 94.8 Å². The minimum Gasteiger partial charge on any atom is -0.308 e. The summed E-state index contributed by atoms with van der Waals surface area (Å²) in [5, 5.41) is 0.661. The molecule has 0 N–H and O–H groups in total. The average Bonchev–Trinajstić information content (AvgIpc) is 3.15. The smallest absolute Gasteiger partial charge is 0.266 e. The highest BCUT2D eigenvalue weighted by Crippen LogP contribution is 2.35. The minimum absolute atomic E-state index is 0.0227. The number of aromatic nitrogens is 2. The van der Waals surface area contributed by atoms with Crippen molar-refractivity contribution in [2.45, 2.75) is 36.7 Å². The molecule has 0 radical (unpaired) electrons. The van der Waals surface area contributed by atoms with Crippen LogP contribution in [0.2, 0.25) is 0 Å². The van der Waals surface area contributed by atoms with Gasteiger partial charge in [0.05, 0.1) is 21.8 Å². The fourth-order valence-electron chi connectivity index (χ4n) is 4.30. The fourth-order valence-corrected chi connectivity index (χ4v) is 5.28. The maximum Gasteiger partial charge on any atom is 0.266 e. The topological polar surface area (TPSA) is 55.2 Å². The lowest BCUT2D eigenvalue weighted by Crippen LogP contribution is -2.40. The van der Waals surface area contributed by atoms with Gasteiger partial charge < -0.3 is 4.90 Å². The van der Waals surface area contributed by atoms with Crippen LogP contribution in [-0.2, 0) is 11.2 Å². The number of rotatable bonds is 4. The van der Waals surface area contributed by atoms with Crippen molar-refractivity contribution >= 4 is 34.3 Å². The first-order valence-electron chi connectivity index (χ1n) is 10.7. The molecule has 2 heterocycles. The number of amides is 1. The Morgan fingerprint density at radius 2 is 1.69 bits per heavy atom. The van der Waals surface area contributed by atoms with E-state index in [2.05, 4.69) is 13.0 Å². The summed E-state index contributed by atoms with van der Waals surface area (Å²) in [7, 11) is 0. The Bertz CT molecular complexity index is 1370. The second kappa shape index (κ2) is 8.28. The van der Waals surface area contributed by atoms with E-state index < -0.39 is 5.25 Å². The Morgan fingerprint density at radius 1 is 1.00 bits per heavy atom. The number of hydrogen-bond donors (Lipinski definition) is 0. The molecular formula is C26H23N3O2S. The van der Waals surface area contributed by atoms with Gasteiger partial charge in [-0.25, -0.2) is 4.98 Å². The molecule has 3 aromatic carbocycles. The number of benzene rings is 3. The lowest BCUT2D eigenvalue weighted by Gasteiger charge is -2.26. The van der Waals surface area contributed by atoms with Gasteiger partial charge in [-0.05, 0) is 56.2 Å². The Balaban J connectivity index is 1.55. The molecule has 5 rings (SSSR count). The number of anilines is 1. The van der Waals surface area contributed by atoms with E-state index in [1.807, 2.05) is 78.6 Å². The van der Waals surface area contributed by atoms with Crippen LogP contribution in [0.4, 0.5) is 5.69 Å². The molecule has 0 saturated heterocycles. The average molecular weight is 442 g/mol. The zero-order chi connectivity index (χ0) is 22.2. The van der Waals surface area contributed by atoms with E-state index >= 15 is 0 Å². The van der Waals surface area contributed by atoms with Gasteiger partial charge in [0.15, 0.2) is 5.16 Å². The van der Waals surface area contributed by atoms with E-state index in [9.17, 15) is 9.59 Å². The Kier molecular flexibility index (Phi) is 5.31. The second-order valence-corrected chi connectivity index (χ2v) is 9.35. The quantitative estimate of drug-likeness (QED) is 0.336. The van der Waals surface area contributed by atoms with Crippen LogP contribution in [-0.4, -0.2) is 26.8 Å². The van der Waals surface area contributed by atoms with E-state index in [-0.39, 0.29) is 17.5 Å². The van der Waals surface area contributed by atoms with Crippen LogP contribution in [0.5, 0.6) is 0 Å². The molecule has 0 saturated carbocycles. The van der Waals surface area contributed by atoms with Crippen LogP contribution in [0.15, 0.2) is 88.8 Å². The predicted molar refractivity (Wildman–Crippen MR) is 130 cm³/mol. The van der Waals surface area contributed by atoms with Crippen LogP contribution in [0.25, 0.3) is 16.6 Å². The molecule has 0 unspecified atom stereocenters. The van der Waals surface area contributed by atoms with Crippen molar-refractivity contribution < 1.29 is 4.79 Å². The zero-order valence-electron chi connectivity index (χ0n) is 17.9. The van der Waals surface area contributed by atoms with Gasteiger partial charge >= 0.3 is 0 Å². The van der Waals surface area contributed by atoms with Crippen LogP contribution < -0.4 is 10.5 Å². The summed E-state index contributed by atoms with van der Waals surface area (Å²) in [4.78, 5) is 33.6. The van der Waals surface area contributed by atoms with Gasteiger partial charge in [0.1, 0.15) is 0 Å². The molecule has 160 valence electrons. The summed E-state index contributed by atoms with van der Waals surface area (Å²) >= 11 is 1.33. The number of fused-ring (bicyclic) bond motifs is 2. The molecular weight excluding hydrogens is 418 g/mol. The maximum atomic E-state index is 13.5. The first-order valence-corrected chi connectivity index (χ1v) is 11.6. The standard InChI is InChI=1S/C26H23N3O2S/c1-17-16-19-10-6-9-15-23(19)28(17)24(30)18(2)32-26-27-22-14-8-7-13-21(22)25(31)29(26)20-11-4-3-5-12-20/h3-15,17-18H,16H2,1-2H3/t17-,18+/m0/s1. The highest BCUT2D eigenvalue weighted by Gasteiger charge is 2.34. The third kappa shape index (κ3) is 3.50. The predicted octanol–water partition coefficient (Wildman–Crippen LogP) is 4.84. The van der Waals surface area contributed by atoms with E-state index in [1.165, 1.54) is 17.3 Å². The molecule has 1 aromatic heterocycles. The molecule has 1 aliphatic rings. The van der Waals surface area contributed by atoms with Crippen molar-refractivity contribution in [1.29, 1.82) is 0 Å². The van der Waals surface area contributed by atoms with E-state index in [4.69, 9.17) is 4.98 Å². The Labute approximate surface area is 190 Å². The molecule has 1 aliphatic heterocycles. The van der Waals surface area contributed by atoms with E-state index in [1.54, 1.807) is 10.6 Å². The van der Waals surface area contributed by atoms with Crippen LogP contribution in [0.3, 0.4) is 0 Å². The van der Waals surface area contributed by atoms with Gasteiger partial charge in [0.2, 0.25) is 5.91 Å². The Hall–Kier alpha value is -3.38. The molecule has 6 heteroatoms. The highest BCUT2D eigenvalue weighted by molar-refractivity contribution is 8.00. The summed E-state index contributed by atoms with van der Waals surface area (Å²) < 4.78 is 1.61. The van der Waals surface area contributed by atoms with Crippen LogP contribution in [0, 0.1) is 0 Å². The molecule has 4 aromatic rings. The number of nitrogens with zero attached hydrogens (tertiary/aromatic N) is 3. The Morgan fingerprint density at radius 3 is 2.50 bits per heavy atom. The normalized spacial score (nSPS) is 16.2. The summed E-state index contributed by atoms with van der Waals surface area (Å²) in [5.41, 5.74) is 3.40. The molecule has 1 amide bonds. The van der Waals surface area contributed by atoms with Gasteiger partial charge in [0, 0.05) is 11.7 Å². The summed E-state index contributed by atoms with van der Waals surface area (Å²) in [6.07, 6.45) is 0.849. The van der Waals surface area contributed by atoms with Crippen LogP contribution in [0.1, 0.15) is 19.4 Å². The molecule has 5 nitrogen and oxygen atoms in total. The lowest BCUT2D eigenvalue weighted by molar-refractivity contribution is -0.118. The van der Waals surface area contributed by atoms with Crippen molar-refractivity contribution in [2.24, 2.45) is 0 Å². The monoisotopic (exact) mass is 441 g/mol. The first-order chi connectivity index (χ1) is 15.5. The third-order valence-electron chi connectivity index (χ3n) is 5.83. The van der Waals surface area contributed by atoms with Gasteiger partial charge in [-0.1, -0.05) is 60.3 Å². The van der Waals surface area contributed by atoms with Crippen molar-refractivity contribution in [2.75, 3.05) is 4.90 Å². The highest BCUT2D eigenvalue weighted by atomic mass is 32.2. The largest absolute Gasteiger partial charge is 0.308 e. The summed E-state index contributed by atoms with van der Waals surface area (Å²) in [6, 6.07) is 24.9. The molecule has 32 heavy (non-hydrogen) atoms. The number of carbonyl (C=O) groups is 1. The third-order valence-corrected chi connectivity index (χ3v) is 6.87. The summed E-state index contributed by atoms with van der Waals surface area (Å²) in [5.74, 6) is 0.0227.